The van der Waals surface area contributed by atoms with Crippen LogP contribution in [-0.4, -0.2) is 28.9 Å². The Balaban J connectivity index is 2.06. The lowest BCUT2D eigenvalue weighted by atomic mass is 10.1. The van der Waals surface area contributed by atoms with E-state index in [1.54, 1.807) is 0 Å². The third-order valence-corrected chi connectivity index (χ3v) is 2.88. The lowest BCUT2D eigenvalue weighted by Gasteiger charge is -2.19. The maximum atomic E-state index is 5.73. The maximum absolute atomic E-state index is 5.73. The van der Waals surface area contributed by atoms with Gasteiger partial charge in [0.05, 0.1) is 12.2 Å². The summed E-state index contributed by atoms with van der Waals surface area (Å²) >= 11 is 0. The highest BCUT2D eigenvalue weighted by Crippen LogP contribution is 2.28. The Bertz CT molecular complexity index is 573. The van der Waals surface area contributed by atoms with Gasteiger partial charge < -0.3 is 14.5 Å². The number of nitrogens with one attached hydrogen (secondary N) is 1. The van der Waals surface area contributed by atoms with Gasteiger partial charge in [0.1, 0.15) is 5.75 Å². The molecule has 2 aromatic rings. The highest BCUT2D eigenvalue weighted by atomic mass is 16.5. The zero-order chi connectivity index (χ0) is 15.3. The van der Waals surface area contributed by atoms with Crippen LogP contribution in [-0.2, 0) is 6.42 Å². The molecule has 0 unspecified atom stereocenters. The van der Waals surface area contributed by atoms with Crippen molar-refractivity contribution in [2.45, 2.75) is 39.7 Å². The Morgan fingerprint density at radius 2 is 1.95 bits per heavy atom. The predicted molar refractivity (Wildman–Crippen MR) is 82.4 cm³/mol. The van der Waals surface area contributed by atoms with Gasteiger partial charge in [-0.2, -0.15) is 0 Å². The van der Waals surface area contributed by atoms with E-state index in [4.69, 9.17) is 9.15 Å². The third-order valence-electron chi connectivity index (χ3n) is 2.88. The molecular formula is C16H23N3O2. The standard InChI is InChI=1S/C16H23N3O2/c1-5-20-13-9-7-6-8-12(13)15-19-18-14(21-15)10-11-17-16(2,3)4/h6-9,17H,5,10-11H2,1-4H3. The van der Waals surface area contributed by atoms with Crippen molar-refractivity contribution in [2.75, 3.05) is 13.2 Å². The fraction of sp³-hybridized carbons (Fsp3) is 0.500. The number of ether oxygens (including phenoxy) is 1. The van der Waals surface area contributed by atoms with Crippen molar-refractivity contribution in [3.05, 3.63) is 30.2 Å². The molecule has 0 bridgehead atoms. The summed E-state index contributed by atoms with van der Waals surface area (Å²) in [5.74, 6) is 1.90. The Kier molecular flexibility index (Phi) is 4.96. The van der Waals surface area contributed by atoms with E-state index < -0.39 is 0 Å². The summed E-state index contributed by atoms with van der Waals surface area (Å²) in [7, 11) is 0. The predicted octanol–water partition coefficient (Wildman–Crippen LogP) is 3.07. The van der Waals surface area contributed by atoms with Crippen molar-refractivity contribution in [1.29, 1.82) is 0 Å². The average molecular weight is 289 g/mol. The first kappa shape index (κ1) is 15.5. The van der Waals surface area contributed by atoms with Crippen LogP contribution in [0.15, 0.2) is 28.7 Å². The van der Waals surface area contributed by atoms with Gasteiger partial charge in [-0.3, -0.25) is 0 Å². The van der Waals surface area contributed by atoms with E-state index >= 15 is 0 Å². The molecule has 0 saturated heterocycles. The van der Waals surface area contributed by atoms with Crippen molar-refractivity contribution in [2.24, 2.45) is 0 Å². The van der Waals surface area contributed by atoms with Crippen LogP contribution in [0, 0.1) is 0 Å². The normalized spacial score (nSPS) is 11.6. The molecule has 0 aliphatic heterocycles. The van der Waals surface area contributed by atoms with Crippen LogP contribution in [0.2, 0.25) is 0 Å². The zero-order valence-corrected chi connectivity index (χ0v) is 13.1. The molecule has 0 spiro atoms. The fourth-order valence-corrected chi connectivity index (χ4v) is 1.93. The molecule has 0 saturated carbocycles. The first-order valence-corrected chi connectivity index (χ1v) is 7.29. The Morgan fingerprint density at radius 3 is 2.67 bits per heavy atom. The van der Waals surface area contributed by atoms with Gasteiger partial charge >= 0.3 is 0 Å². The van der Waals surface area contributed by atoms with E-state index in [0.29, 0.717) is 24.8 Å². The molecule has 0 atom stereocenters. The van der Waals surface area contributed by atoms with E-state index in [0.717, 1.165) is 17.9 Å². The number of aromatic nitrogens is 2. The van der Waals surface area contributed by atoms with Gasteiger partial charge in [0.15, 0.2) is 0 Å². The first-order chi connectivity index (χ1) is 9.99. The molecule has 1 aromatic heterocycles. The second kappa shape index (κ2) is 6.72. The van der Waals surface area contributed by atoms with Crippen molar-refractivity contribution >= 4 is 0 Å². The number of para-hydroxylation sites is 1. The van der Waals surface area contributed by atoms with Gasteiger partial charge in [0.25, 0.3) is 5.89 Å². The smallest absolute Gasteiger partial charge is 0.251 e. The molecule has 0 radical (unpaired) electrons. The molecule has 0 amide bonds. The van der Waals surface area contributed by atoms with Crippen LogP contribution in [0.1, 0.15) is 33.6 Å². The number of benzene rings is 1. The van der Waals surface area contributed by atoms with E-state index in [-0.39, 0.29) is 5.54 Å². The fourth-order valence-electron chi connectivity index (χ4n) is 1.93. The average Bonchev–Trinajstić information content (AvgIpc) is 2.87. The quantitative estimate of drug-likeness (QED) is 0.885. The Hall–Kier alpha value is -1.88. The summed E-state index contributed by atoms with van der Waals surface area (Å²) < 4.78 is 11.3. The third kappa shape index (κ3) is 4.56. The van der Waals surface area contributed by atoms with Gasteiger partial charge in [0, 0.05) is 18.5 Å². The molecule has 1 heterocycles. The molecule has 0 fully saturated rings. The van der Waals surface area contributed by atoms with Crippen LogP contribution in [0.25, 0.3) is 11.5 Å². The Labute approximate surface area is 125 Å². The summed E-state index contributed by atoms with van der Waals surface area (Å²) in [6.07, 6.45) is 0.709. The molecule has 2 rings (SSSR count). The van der Waals surface area contributed by atoms with Crippen LogP contribution in [0.3, 0.4) is 0 Å². The lowest BCUT2D eigenvalue weighted by molar-refractivity contribution is 0.340. The van der Waals surface area contributed by atoms with E-state index in [9.17, 15) is 0 Å². The number of hydrogen-bond acceptors (Lipinski definition) is 5. The summed E-state index contributed by atoms with van der Waals surface area (Å²) in [6.45, 7) is 9.75. The first-order valence-electron chi connectivity index (χ1n) is 7.29. The zero-order valence-electron chi connectivity index (χ0n) is 13.1. The second-order valence-electron chi connectivity index (χ2n) is 5.86. The summed E-state index contributed by atoms with van der Waals surface area (Å²) in [4.78, 5) is 0. The van der Waals surface area contributed by atoms with Crippen molar-refractivity contribution in [3.63, 3.8) is 0 Å². The molecule has 0 aliphatic rings. The second-order valence-corrected chi connectivity index (χ2v) is 5.86. The summed E-state index contributed by atoms with van der Waals surface area (Å²) in [5.41, 5.74) is 0.923. The summed E-state index contributed by atoms with van der Waals surface area (Å²) in [6, 6.07) is 7.70. The number of hydrogen-bond donors (Lipinski definition) is 1. The largest absolute Gasteiger partial charge is 0.493 e. The monoisotopic (exact) mass is 289 g/mol. The molecule has 0 aliphatic carbocycles. The van der Waals surface area contributed by atoms with Gasteiger partial charge in [-0.15, -0.1) is 10.2 Å². The van der Waals surface area contributed by atoms with Crippen LogP contribution in [0.5, 0.6) is 5.75 Å². The number of rotatable bonds is 6. The van der Waals surface area contributed by atoms with E-state index in [2.05, 4.69) is 36.3 Å². The molecule has 5 nitrogen and oxygen atoms in total. The van der Waals surface area contributed by atoms with Gasteiger partial charge in [-0.05, 0) is 39.8 Å². The van der Waals surface area contributed by atoms with E-state index in [1.807, 2.05) is 31.2 Å². The Morgan fingerprint density at radius 1 is 1.19 bits per heavy atom. The van der Waals surface area contributed by atoms with Crippen molar-refractivity contribution in [1.82, 2.24) is 15.5 Å². The molecule has 5 heteroatoms. The van der Waals surface area contributed by atoms with Gasteiger partial charge in [0.2, 0.25) is 5.89 Å². The van der Waals surface area contributed by atoms with Crippen LogP contribution >= 0.6 is 0 Å². The molecule has 114 valence electrons. The SMILES string of the molecule is CCOc1ccccc1-c1nnc(CCNC(C)(C)C)o1. The highest BCUT2D eigenvalue weighted by Gasteiger charge is 2.14. The minimum Gasteiger partial charge on any atom is -0.493 e. The number of nitrogens with zero attached hydrogens (tertiary/aromatic N) is 2. The molecular weight excluding hydrogens is 266 g/mol. The highest BCUT2D eigenvalue weighted by molar-refractivity contribution is 5.62. The van der Waals surface area contributed by atoms with Crippen molar-refractivity contribution < 1.29 is 9.15 Å². The minimum atomic E-state index is 0.0877. The molecule has 1 N–H and O–H groups in total. The molecule has 21 heavy (non-hydrogen) atoms. The molecule has 1 aromatic carbocycles. The maximum Gasteiger partial charge on any atom is 0.251 e. The van der Waals surface area contributed by atoms with E-state index in [1.165, 1.54) is 0 Å². The van der Waals surface area contributed by atoms with Crippen LogP contribution < -0.4 is 10.1 Å². The van der Waals surface area contributed by atoms with Crippen LogP contribution in [0.4, 0.5) is 0 Å². The van der Waals surface area contributed by atoms with Crippen molar-refractivity contribution in [3.8, 4) is 17.2 Å². The van der Waals surface area contributed by atoms with Gasteiger partial charge in [-0.1, -0.05) is 12.1 Å². The van der Waals surface area contributed by atoms with Gasteiger partial charge in [-0.25, -0.2) is 0 Å². The minimum absolute atomic E-state index is 0.0877. The topological polar surface area (TPSA) is 60.2 Å². The lowest BCUT2D eigenvalue weighted by Crippen LogP contribution is -2.37. The summed E-state index contributed by atoms with van der Waals surface area (Å²) in [5, 5.41) is 11.6.